The van der Waals surface area contributed by atoms with Gasteiger partial charge in [0.15, 0.2) is 0 Å². The summed E-state index contributed by atoms with van der Waals surface area (Å²) in [5.74, 6) is 2.35. The van der Waals surface area contributed by atoms with Crippen molar-refractivity contribution in [2.45, 2.75) is 31.7 Å². The van der Waals surface area contributed by atoms with Gasteiger partial charge in [-0.25, -0.2) is 4.79 Å². The zero-order chi connectivity index (χ0) is 8.81. The van der Waals surface area contributed by atoms with Gasteiger partial charge < -0.3 is 10.6 Å². The van der Waals surface area contributed by atoms with E-state index >= 15 is 0 Å². The monoisotopic (exact) mass is 166 g/mol. The molecule has 0 atom stereocenters. The highest BCUT2D eigenvalue weighted by molar-refractivity contribution is 5.74. The van der Waals surface area contributed by atoms with Crippen molar-refractivity contribution in [2.75, 3.05) is 6.54 Å². The lowest BCUT2D eigenvalue weighted by Gasteiger charge is -2.11. The van der Waals surface area contributed by atoms with Crippen LogP contribution in [0.2, 0.25) is 0 Å². The fourth-order valence-electron chi connectivity index (χ4n) is 1.44. The molecule has 3 nitrogen and oxygen atoms in total. The molecule has 1 aliphatic carbocycles. The number of terminal acetylenes is 1. The molecule has 0 heterocycles. The lowest BCUT2D eigenvalue weighted by molar-refractivity contribution is 0.238. The average Bonchev–Trinajstić information content (AvgIpc) is 2.53. The van der Waals surface area contributed by atoms with Crippen LogP contribution in [-0.4, -0.2) is 18.6 Å². The standard InChI is InChI=1S/C9H14N2O/c1-2-7-10-9(12)11-8-5-3-4-6-8/h1,8H,3-7H2,(H2,10,11,12). The van der Waals surface area contributed by atoms with Crippen LogP contribution in [0.3, 0.4) is 0 Å². The molecule has 2 N–H and O–H groups in total. The highest BCUT2D eigenvalue weighted by Gasteiger charge is 2.16. The van der Waals surface area contributed by atoms with Gasteiger partial charge in [-0.05, 0) is 12.8 Å². The third kappa shape index (κ3) is 2.83. The Morgan fingerprint density at radius 3 is 2.75 bits per heavy atom. The first-order chi connectivity index (χ1) is 5.83. The van der Waals surface area contributed by atoms with Crippen molar-refractivity contribution < 1.29 is 4.79 Å². The van der Waals surface area contributed by atoms with E-state index in [9.17, 15) is 4.79 Å². The van der Waals surface area contributed by atoms with Gasteiger partial charge in [0.05, 0.1) is 6.54 Å². The minimum atomic E-state index is -0.139. The van der Waals surface area contributed by atoms with Gasteiger partial charge in [-0.15, -0.1) is 6.42 Å². The number of amides is 2. The summed E-state index contributed by atoms with van der Waals surface area (Å²) in [5.41, 5.74) is 0. The van der Waals surface area contributed by atoms with Gasteiger partial charge in [-0.1, -0.05) is 18.8 Å². The second-order valence-electron chi connectivity index (χ2n) is 3.01. The molecule has 3 heteroatoms. The number of rotatable bonds is 2. The van der Waals surface area contributed by atoms with Crippen LogP contribution in [0, 0.1) is 12.3 Å². The second kappa shape index (κ2) is 4.66. The van der Waals surface area contributed by atoms with Crippen molar-refractivity contribution >= 4 is 6.03 Å². The third-order valence-electron chi connectivity index (χ3n) is 2.04. The Morgan fingerprint density at radius 2 is 2.17 bits per heavy atom. The Labute approximate surface area is 72.9 Å². The normalized spacial score (nSPS) is 16.9. The maximum absolute atomic E-state index is 11.0. The summed E-state index contributed by atoms with van der Waals surface area (Å²) in [6.07, 6.45) is 9.64. The van der Waals surface area contributed by atoms with Crippen molar-refractivity contribution in [3.05, 3.63) is 0 Å². The molecular weight excluding hydrogens is 152 g/mol. The van der Waals surface area contributed by atoms with Crippen LogP contribution in [0.5, 0.6) is 0 Å². The molecule has 0 bridgehead atoms. The topological polar surface area (TPSA) is 41.1 Å². The zero-order valence-corrected chi connectivity index (χ0v) is 7.10. The maximum atomic E-state index is 11.0. The first kappa shape index (κ1) is 8.92. The SMILES string of the molecule is C#CCNC(=O)NC1CCCC1. The number of carbonyl (C=O) groups excluding carboxylic acids is 1. The van der Waals surface area contributed by atoms with E-state index in [2.05, 4.69) is 16.6 Å². The fourth-order valence-corrected chi connectivity index (χ4v) is 1.44. The molecular formula is C9H14N2O. The number of hydrogen-bond acceptors (Lipinski definition) is 1. The quantitative estimate of drug-likeness (QED) is 0.587. The molecule has 0 aromatic rings. The predicted molar refractivity (Wildman–Crippen MR) is 47.6 cm³/mol. The van der Waals surface area contributed by atoms with Crippen molar-refractivity contribution in [1.82, 2.24) is 10.6 Å². The van der Waals surface area contributed by atoms with Crippen LogP contribution in [0.15, 0.2) is 0 Å². The van der Waals surface area contributed by atoms with Crippen LogP contribution < -0.4 is 10.6 Å². The number of carbonyl (C=O) groups is 1. The summed E-state index contributed by atoms with van der Waals surface area (Å²) >= 11 is 0. The Kier molecular flexibility index (Phi) is 3.46. The fraction of sp³-hybridized carbons (Fsp3) is 0.667. The van der Waals surface area contributed by atoms with Gasteiger partial charge in [0, 0.05) is 6.04 Å². The molecule has 0 aromatic carbocycles. The number of nitrogens with one attached hydrogen (secondary N) is 2. The minimum absolute atomic E-state index is 0.139. The summed E-state index contributed by atoms with van der Waals surface area (Å²) in [4.78, 5) is 11.0. The van der Waals surface area contributed by atoms with Crippen LogP contribution in [0.1, 0.15) is 25.7 Å². The molecule has 2 amide bonds. The Hall–Kier alpha value is -1.17. The van der Waals surface area contributed by atoms with Crippen molar-refractivity contribution in [1.29, 1.82) is 0 Å². The zero-order valence-electron chi connectivity index (χ0n) is 7.10. The van der Waals surface area contributed by atoms with Crippen LogP contribution in [-0.2, 0) is 0 Å². The van der Waals surface area contributed by atoms with E-state index in [4.69, 9.17) is 6.42 Å². The molecule has 1 aliphatic rings. The van der Waals surface area contributed by atoms with E-state index in [1.165, 1.54) is 12.8 Å². The minimum Gasteiger partial charge on any atom is -0.335 e. The van der Waals surface area contributed by atoms with Crippen LogP contribution in [0.25, 0.3) is 0 Å². The Balaban J connectivity index is 2.13. The smallest absolute Gasteiger partial charge is 0.315 e. The van der Waals surface area contributed by atoms with Gasteiger partial charge >= 0.3 is 6.03 Å². The molecule has 66 valence electrons. The maximum Gasteiger partial charge on any atom is 0.315 e. The largest absolute Gasteiger partial charge is 0.335 e. The summed E-state index contributed by atoms with van der Waals surface area (Å²) < 4.78 is 0. The van der Waals surface area contributed by atoms with E-state index in [1.807, 2.05) is 0 Å². The molecule has 0 radical (unpaired) electrons. The molecule has 12 heavy (non-hydrogen) atoms. The number of hydrogen-bond donors (Lipinski definition) is 2. The van der Waals surface area contributed by atoms with Crippen molar-refractivity contribution in [2.24, 2.45) is 0 Å². The van der Waals surface area contributed by atoms with Gasteiger partial charge in [0.2, 0.25) is 0 Å². The van der Waals surface area contributed by atoms with Crippen LogP contribution >= 0.6 is 0 Å². The summed E-state index contributed by atoms with van der Waals surface area (Å²) in [6.45, 7) is 0.304. The molecule has 0 aromatic heterocycles. The van der Waals surface area contributed by atoms with Crippen LogP contribution in [0.4, 0.5) is 4.79 Å². The molecule has 0 aliphatic heterocycles. The molecule has 0 unspecified atom stereocenters. The summed E-state index contributed by atoms with van der Waals surface area (Å²) in [6, 6.07) is 0.225. The molecule has 1 fully saturated rings. The van der Waals surface area contributed by atoms with E-state index in [0.29, 0.717) is 12.6 Å². The Bertz CT molecular complexity index is 189. The Morgan fingerprint density at radius 1 is 1.50 bits per heavy atom. The lowest BCUT2D eigenvalue weighted by Crippen LogP contribution is -2.40. The average molecular weight is 166 g/mol. The second-order valence-corrected chi connectivity index (χ2v) is 3.01. The third-order valence-corrected chi connectivity index (χ3v) is 2.04. The molecule has 0 spiro atoms. The predicted octanol–water partition coefficient (Wildman–Crippen LogP) is 0.861. The van der Waals surface area contributed by atoms with E-state index in [0.717, 1.165) is 12.8 Å². The van der Waals surface area contributed by atoms with Gasteiger partial charge in [0.1, 0.15) is 0 Å². The van der Waals surface area contributed by atoms with E-state index < -0.39 is 0 Å². The summed E-state index contributed by atoms with van der Waals surface area (Å²) in [5, 5.41) is 5.44. The number of urea groups is 1. The molecule has 1 saturated carbocycles. The highest BCUT2D eigenvalue weighted by atomic mass is 16.2. The van der Waals surface area contributed by atoms with Crippen molar-refractivity contribution in [3.8, 4) is 12.3 Å². The first-order valence-corrected chi connectivity index (χ1v) is 4.31. The lowest BCUT2D eigenvalue weighted by atomic mass is 10.3. The molecule has 0 saturated heterocycles. The first-order valence-electron chi connectivity index (χ1n) is 4.31. The highest BCUT2D eigenvalue weighted by Crippen LogP contribution is 2.17. The summed E-state index contributed by atoms with van der Waals surface area (Å²) in [7, 11) is 0. The van der Waals surface area contributed by atoms with Gasteiger partial charge in [-0.2, -0.15) is 0 Å². The molecule has 1 rings (SSSR count). The van der Waals surface area contributed by atoms with Gasteiger partial charge in [0.25, 0.3) is 0 Å². The van der Waals surface area contributed by atoms with Gasteiger partial charge in [-0.3, -0.25) is 0 Å². The van der Waals surface area contributed by atoms with E-state index in [-0.39, 0.29) is 6.03 Å². The van der Waals surface area contributed by atoms with E-state index in [1.54, 1.807) is 0 Å². The van der Waals surface area contributed by atoms with Crippen molar-refractivity contribution in [3.63, 3.8) is 0 Å².